The highest BCUT2D eigenvalue weighted by Crippen LogP contribution is 2.29. The number of carboxylic acids is 1. The number of aryl methyl sites for hydroxylation is 1. The fourth-order valence-corrected chi connectivity index (χ4v) is 4.96. The first-order valence-corrected chi connectivity index (χ1v) is 12.2. The summed E-state index contributed by atoms with van der Waals surface area (Å²) in [6, 6.07) is 9.15. The lowest BCUT2D eigenvalue weighted by Crippen LogP contribution is -2.46. The van der Waals surface area contributed by atoms with Gasteiger partial charge in [0.2, 0.25) is 5.91 Å². The zero-order valence-corrected chi connectivity index (χ0v) is 19.9. The van der Waals surface area contributed by atoms with Crippen LogP contribution in [0.1, 0.15) is 43.2 Å². The maximum Gasteiger partial charge on any atom is 0.303 e. The van der Waals surface area contributed by atoms with Crippen molar-refractivity contribution in [3.63, 3.8) is 0 Å². The molecule has 0 unspecified atom stereocenters. The summed E-state index contributed by atoms with van der Waals surface area (Å²) in [6.07, 6.45) is 7.36. The number of carbonyl (C=O) groups excluding carboxylic acids is 1. The summed E-state index contributed by atoms with van der Waals surface area (Å²) in [5, 5.41) is 16.8. The van der Waals surface area contributed by atoms with Gasteiger partial charge in [0.25, 0.3) is 0 Å². The third-order valence-corrected chi connectivity index (χ3v) is 6.95. The number of nitrogens with zero attached hydrogens (tertiary/aromatic N) is 3. The molecule has 2 saturated heterocycles. The second kappa shape index (κ2) is 11.2. The van der Waals surface area contributed by atoms with Crippen molar-refractivity contribution < 1.29 is 19.4 Å². The van der Waals surface area contributed by atoms with Gasteiger partial charge >= 0.3 is 5.97 Å². The van der Waals surface area contributed by atoms with Gasteiger partial charge in [0.15, 0.2) is 0 Å². The third kappa shape index (κ3) is 6.09. The van der Waals surface area contributed by atoms with Crippen molar-refractivity contribution in [3.8, 4) is 5.75 Å². The van der Waals surface area contributed by atoms with Crippen molar-refractivity contribution in [1.82, 2.24) is 9.88 Å². The van der Waals surface area contributed by atoms with Gasteiger partial charge in [0.05, 0.1) is 6.04 Å². The first-order chi connectivity index (χ1) is 16.9. The number of nitrogen functional groups attached to an aromatic ring is 1. The maximum absolute atomic E-state index is 13.4. The highest BCUT2D eigenvalue weighted by atomic mass is 16.5. The Hall–Kier alpha value is -3.62. The quantitative estimate of drug-likeness (QED) is 0.372. The highest BCUT2D eigenvalue weighted by molar-refractivity contribution is 5.95. The van der Waals surface area contributed by atoms with Crippen LogP contribution in [-0.4, -0.2) is 65.0 Å². The average Bonchev–Trinajstić information content (AvgIpc) is 3.35. The molecular weight excluding hydrogens is 446 g/mol. The Labute approximate surface area is 205 Å². The summed E-state index contributed by atoms with van der Waals surface area (Å²) in [4.78, 5) is 32.8. The average molecular weight is 480 g/mol. The van der Waals surface area contributed by atoms with E-state index in [1.165, 1.54) is 0 Å². The van der Waals surface area contributed by atoms with Crippen molar-refractivity contribution >= 4 is 23.4 Å². The van der Waals surface area contributed by atoms with Crippen LogP contribution in [0.3, 0.4) is 0 Å². The Balaban J connectivity index is 1.37. The van der Waals surface area contributed by atoms with Crippen LogP contribution in [0.25, 0.3) is 0 Å². The number of benzene rings is 1. The number of amides is 1. The van der Waals surface area contributed by atoms with Gasteiger partial charge < -0.3 is 25.4 Å². The number of aromatic nitrogens is 1. The van der Waals surface area contributed by atoms with Gasteiger partial charge in [0, 0.05) is 55.6 Å². The lowest BCUT2D eigenvalue weighted by Gasteiger charge is -2.36. The molecule has 2 aliphatic rings. The van der Waals surface area contributed by atoms with E-state index in [4.69, 9.17) is 21.0 Å². The lowest BCUT2D eigenvalue weighted by molar-refractivity contribution is -0.138. The van der Waals surface area contributed by atoms with Gasteiger partial charge in [-0.05, 0) is 55.9 Å². The second-order valence-electron chi connectivity index (χ2n) is 9.24. The van der Waals surface area contributed by atoms with Crippen LogP contribution in [0.2, 0.25) is 0 Å². The molecule has 1 atom stereocenters. The van der Waals surface area contributed by atoms with E-state index in [1.54, 1.807) is 30.6 Å². The van der Waals surface area contributed by atoms with Crippen molar-refractivity contribution in [2.75, 3.05) is 31.1 Å². The molecule has 1 aromatic carbocycles. The molecule has 35 heavy (non-hydrogen) atoms. The predicted molar refractivity (Wildman–Crippen MR) is 133 cm³/mol. The molecular formula is C26H33N5O4. The SMILES string of the molecule is N=C(N)c1ccc(CCC(=O)O)c(OC[C@H]2CCCN2C(=O)C2CCN(c3ccncc3)CC2)c1. The Morgan fingerprint density at radius 1 is 1.11 bits per heavy atom. The number of anilines is 1. The number of nitrogens with two attached hydrogens (primary N) is 1. The van der Waals surface area contributed by atoms with Crippen LogP contribution < -0.4 is 15.4 Å². The Bertz CT molecular complexity index is 1050. The molecule has 0 saturated carbocycles. The number of amidine groups is 1. The predicted octanol–water partition coefficient (Wildman–Crippen LogP) is 2.67. The van der Waals surface area contributed by atoms with Crippen molar-refractivity contribution in [2.24, 2.45) is 11.7 Å². The molecule has 4 N–H and O–H groups in total. The van der Waals surface area contributed by atoms with Gasteiger partial charge in [-0.15, -0.1) is 0 Å². The molecule has 2 aromatic rings. The van der Waals surface area contributed by atoms with Gasteiger partial charge in [-0.3, -0.25) is 20.0 Å². The Morgan fingerprint density at radius 2 is 1.86 bits per heavy atom. The van der Waals surface area contributed by atoms with Crippen LogP contribution in [-0.2, 0) is 16.0 Å². The number of likely N-dealkylation sites (tertiary alicyclic amines) is 1. The summed E-state index contributed by atoms with van der Waals surface area (Å²) in [5.41, 5.74) is 8.07. The minimum absolute atomic E-state index is 0.0119. The van der Waals surface area contributed by atoms with Gasteiger partial charge in [0.1, 0.15) is 18.2 Å². The normalized spacial score (nSPS) is 18.5. The number of rotatable bonds is 9. The van der Waals surface area contributed by atoms with E-state index in [-0.39, 0.29) is 30.1 Å². The van der Waals surface area contributed by atoms with Crippen LogP contribution in [0, 0.1) is 11.3 Å². The molecule has 9 heteroatoms. The number of carbonyl (C=O) groups is 2. The van der Waals surface area contributed by atoms with Crippen LogP contribution >= 0.6 is 0 Å². The molecule has 0 spiro atoms. The third-order valence-electron chi connectivity index (χ3n) is 6.95. The summed E-state index contributed by atoms with van der Waals surface area (Å²) in [5.74, 6) is -0.205. The Kier molecular flexibility index (Phi) is 7.84. The van der Waals surface area contributed by atoms with E-state index in [0.29, 0.717) is 24.3 Å². The molecule has 3 heterocycles. The molecule has 0 aliphatic carbocycles. The van der Waals surface area contributed by atoms with Gasteiger partial charge in [-0.25, -0.2) is 0 Å². The van der Waals surface area contributed by atoms with Crippen LogP contribution in [0.4, 0.5) is 5.69 Å². The molecule has 2 fully saturated rings. The summed E-state index contributed by atoms with van der Waals surface area (Å²) in [7, 11) is 0. The van der Waals surface area contributed by atoms with E-state index in [9.17, 15) is 9.59 Å². The number of piperidine rings is 1. The Morgan fingerprint density at radius 3 is 2.54 bits per heavy atom. The molecule has 4 rings (SSSR count). The fourth-order valence-electron chi connectivity index (χ4n) is 4.96. The number of pyridine rings is 1. The number of nitrogens with one attached hydrogen (secondary N) is 1. The molecule has 1 aromatic heterocycles. The number of hydrogen-bond donors (Lipinski definition) is 3. The van der Waals surface area contributed by atoms with E-state index < -0.39 is 5.97 Å². The summed E-state index contributed by atoms with van der Waals surface area (Å²) in [6.45, 7) is 2.76. The van der Waals surface area contributed by atoms with Crippen molar-refractivity contribution in [1.29, 1.82) is 5.41 Å². The highest BCUT2D eigenvalue weighted by Gasteiger charge is 2.35. The van der Waals surface area contributed by atoms with Crippen LogP contribution in [0.5, 0.6) is 5.75 Å². The topological polar surface area (TPSA) is 133 Å². The number of hydrogen-bond acceptors (Lipinski definition) is 6. The number of carboxylic acid groups (broad SMARTS) is 1. The summed E-state index contributed by atoms with van der Waals surface area (Å²) >= 11 is 0. The minimum Gasteiger partial charge on any atom is -0.491 e. The summed E-state index contributed by atoms with van der Waals surface area (Å²) < 4.78 is 6.13. The molecule has 0 bridgehead atoms. The van der Waals surface area contributed by atoms with E-state index in [2.05, 4.69) is 9.88 Å². The first kappa shape index (κ1) is 24.5. The van der Waals surface area contributed by atoms with E-state index in [0.717, 1.165) is 56.6 Å². The maximum atomic E-state index is 13.4. The fraction of sp³-hybridized carbons (Fsp3) is 0.462. The van der Waals surface area contributed by atoms with Gasteiger partial charge in [-0.2, -0.15) is 0 Å². The molecule has 9 nitrogen and oxygen atoms in total. The molecule has 2 aliphatic heterocycles. The zero-order valence-electron chi connectivity index (χ0n) is 19.9. The van der Waals surface area contributed by atoms with Gasteiger partial charge in [-0.1, -0.05) is 12.1 Å². The molecule has 1 amide bonds. The van der Waals surface area contributed by atoms with Crippen LogP contribution in [0.15, 0.2) is 42.7 Å². The monoisotopic (exact) mass is 479 g/mol. The van der Waals surface area contributed by atoms with Crippen molar-refractivity contribution in [3.05, 3.63) is 53.9 Å². The van der Waals surface area contributed by atoms with E-state index in [1.807, 2.05) is 17.0 Å². The zero-order chi connectivity index (χ0) is 24.8. The first-order valence-electron chi connectivity index (χ1n) is 12.2. The smallest absolute Gasteiger partial charge is 0.303 e. The lowest BCUT2D eigenvalue weighted by atomic mass is 9.94. The van der Waals surface area contributed by atoms with Crippen molar-refractivity contribution in [2.45, 2.75) is 44.6 Å². The number of aliphatic carboxylic acids is 1. The standard InChI is InChI=1S/C26H33N5O4/c27-25(28)20-4-3-18(5-6-24(32)33)23(16-20)35-17-22-2-1-13-31(22)26(34)19-9-14-30(15-10-19)21-7-11-29-12-8-21/h3-4,7-8,11-12,16,19,22H,1-2,5-6,9-10,13-15,17H2,(H3,27,28)(H,32,33)/t22-/m1/s1. The minimum atomic E-state index is -0.880. The number of ether oxygens (including phenoxy) is 1. The molecule has 0 radical (unpaired) electrons. The van der Waals surface area contributed by atoms with E-state index >= 15 is 0 Å². The molecule has 186 valence electrons. The second-order valence-corrected chi connectivity index (χ2v) is 9.24. The largest absolute Gasteiger partial charge is 0.491 e.